The third kappa shape index (κ3) is 5.51. The number of hydrogen-bond acceptors (Lipinski definition) is 3. The van der Waals surface area contributed by atoms with Crippen molar-refractivity contribution in [2.24, 2.45) is 0 Å². The van der Waals surface area contributed by atoms with Crippen LogP contribution in [0.15, 0.2) is 24.3 Å². The van der Waals surface area contributed by atoms with E-state index < -0.39 is 21.5 Å². The fourth-order valence-electron chi connectivity index (χ4n) is 1.45. The molecule has 1 rings (SSSR count). The summed E-state index contributed by atoms with van der Waals surface area (Å²) in [6, 6.07) is 6.46. The highest BCUT2D eigenvalue weighted by atomic mass is 35.5. The molecule has 0 aliphatic rings. The number of halogens is 1. The summed E-state index contributed by atoms with van der Waals surface area (Å²) in [5.41, 5.74) is 0.622. The van der Waals surface area contributed by atoms with E-state index in [1.165, 1.54) is 0 Å². The molecule has 6 heteroatoms. The number of hydrogen-bond donors (Lipinski definition) is 1. The van der Waals surface area contributed by atoms with E-state index in [0.717, 1.165) is 0 Å². The average molecular weight is 290 g/mol. The number of amides is 1. The first-order valence-corrected chi connectivity index (χ1v) is 7.72. The van der Waals surface area contributed by atoms with Crippen LogP contribution >= 0.6 is 11.6 Å². The third-order valence-electron chi connectivity index (χ3n) is 2.10. The van der Waals surface area contributed by atoms with Gasteiger partial charge in [0.25, 0.3) is 0 Å². The second-order valence-electron chi connectivity index (χ2n) is 4.38. The van der Waals surface area contributed by atoms with Crippen LogP contribution in [-0.4, -0.2) is 26.1 Å². The molecule has 0 heterocycles. The molecule has 0 aliphatic carbocycles. The van der Waals surface area contributed by atoms with Crippen molar-refractivity contribution in [3.8, 4) is 0 Å². The van der Waals surface area contributed by atoms with E-state index in [0.29, 0.717) is 10.6 Å². The Hall–Kier alpha value is -1.07. The highest BCUT2D eigenvalue weighted by Crippen LogP contribution is 2.12. The zero-order chi connectivity index (χ0) is 13.8. The lowest BCUT2D eigenvalue weighted by Crippen LogP contribution is -2.35. The van der Waals surface area contributed by atoms with E-state index >= 15 is 0 Å². The quantitative estimate of drug-likeness (QED) is 0.899. The Kier molecular flexibility index (Phi) is 5.16. The molecule has 0 bridgehead atoms. The molecule has 18 heavy (non-hydrogen) atoms. The minimum Gasteiger partial charge on any atom is -0.353 e. The second kappa shape index (κ2) is 6.20. The van der Waals surface area contributed by atoms with E-state index in [1.54, 1.807) is 38.1 Å². The van der Waals surface area contributed by atoms with Crippen LogP contribution in [0.2, 0.25) is 5.02 Å². The molecule has 0 atom stereocenters. The second-order valence-corrected chi connectivity index (χ2v) is 6.88. The molecule has 0 saturated carbocycles. The molecule has 0 radical (unpaired) electrons. The summed E-state index contributed by atoms with van der Waals surface area (Å²) in [6.45, 7) is 3.56. The van der Waals surface area contributed by atoms with Gasteiger partial charge in [-0.2, -0.15) is 0 Å². The van der Waals surface area contributed by atoms with E-state index in [4.69, 9.17) is 11.6 Å². The first-order chi connectivity index (χ1) is 8.28. The standard InChI is InChI=1S/C12H16ClNO3S/c1-9(2)14-12(15)8-18(16,17)7-10-3-5-11(13)6-4-10/h3-6,9H,7-8H2,1-2H3,(H,14,15). The fourth-order valence-corrected chi connectivity index (χ4v) is 2.86. The van der Waals surface area contributed by atoms with Gasteiger partial charge in [0.05, 0.1) is 5.75 Å². The van der Waals surface area contributed by atoms with Gasteiger partial charge in [-0.1, -0.05) is 23.7 Å². The van der Waals surface area contributed by atoms with Gasteiger partial charge in [0, 0.05) is 11.1 Å². The van der Waals surface area contributed by atoms with Gasteiger partial charge in [0.1, 0.15) is 5.75 Å². The summed E-state index contributed by atoms with van der Waals surface area (Å²) in [5.74, 6) is -1.12. The van der Waals surface area contributed by atoms with Gasteiger partial charge in [0.2, 0.25) is 5.91 Å². The van der Waals surface area contributed by atoms with Crippen molar-refractivity contribution >= 4 is 27.3 Å². The van der Waals surface area contributed by atoms with E-state index in [-0.39, 0.29) is 11.8 Å². The Balaban J connectivity index is 2.65. The van der Waals surface area contributed by atoms with Crippen molar-refractivity contribution in [3.05, 3.63) is 34.9 Å². The molecule has 1 amide bonds. The minimum atomic E-state index is -3.45. The van der Waals surface area contributed by atoms with Crippen molar-refractivity contribution < 1.29 is 13.2 Å². The minimum absolute atomic E-state index is 0.0665. The number of nitrogens with one attached hydrogen (secondary N) is 1. The zero-order valence-corrected chi connectivity index (χ0v) is 11.9. The van der Waals surface area contributed by atoms with Crippen LogP contribution in [0, 0.1) is 0 Å². The number of sulfone groups is 1. The van der Waals surface area contributed by atoms with Crippen molar-refractivity contribution in [2.75, 3.05) is 5.75 Å². The Bertz CT molecular complexity index is 509. The molecule has 1 N–H and O–H groups in total. The molecule has 4 nitrogen and oxygen atoms in total. The molecule has 1 aromatic rings. The SMILES string of the molecule is CC(C)NC(=O)CS(=O)(=O)Cc1ccc(Cl)cc1. The number of rotatable bonds is 5. The third-order valence-corrected chi connectivity index (χ3v) is 3.83. The lowest BCUT2D eigenvalue weighted by molar-refractivity contribution is -0.119. The van der Waals surface area contributed by atoms with Crippen LogP contribution in [0.1, 0.15) is 19.4 Å². The number of benzene rings is 1. The van der Waals surface area contributed by atoms with Crippen molar-refractivity contribution in [1.82, 2.24) is 5.32 Å². The maximum atomic E-state index is 11.8. The van der Waals surface area contributed by atoms with Crippen LogP contribution in [0.3, 0.4) is 0 Å². The van der Waals surface area contributed by atoms with Crippen LogP contribution in [0.25, 0.3) is 0 Å². The van der Waals surface area contributed by atoms with Gasteiger partial charge in [-0.15, -0.1) is 0 Å². The fraction of sp³-hybridized carbons (Fsp3) is 0.417. The summed E-state index contributed by atoms with van der Waals surface area (Å²) in [4.78, 5) is 11.4. The summed E-state index contributed by atoms with van der Waals surface area (Å²) >= 11 is 5.71. The van der Waals surface area contributed by atoms with Gasteiger partial charge in [-0.3, -0.25) is 4.79 Å². The molecule has 0 saturated heterocycles. The number of carbonyl (C=O) groups excluding carboxylic acids is 1. The summed E-state index contributed by atoms with van der Waals surface area (Å²) < 4.78 is 23.6. The molecule has 0 spiro atoms. The maximum Gasteiger partial charge on any atom is 0.235 e. The van der Waals surface area contributed by atoms with Crippen LogP contribution in [0.4, 0.5) is 0 Å². The topological polar surface area (TPSA) is 63.2 Å². The average Bonchev–Trinajstić information content (AvgIpc) is 2.18. The predicted molar refractivity (Wildman–Crippen MR) is 72.2 cm³/mol. The maximum absolute atomic E-state index is 11.8. The van der Waals surface area contributed by atoms with E-state index in [9.17, 15) is 13.2 Å². The Morgan fingerprint density at radius 3 is 2.33 bits per heavy atom. The largest absolute Gasteiger partial charge is 0.353 e. The van der Waals surface area contributed by atoms with Crippen LogP contribution < -0.4 is 5.32 Å². The molecule has 100 valence electrons. The Labute approximate surface area is 112 Å². The normalized spacial score (nSPS) is 11.6. The predicted octanol–water partition coefficient (Wildman–Crippen LogP) is 1.78. The van der Waals surface area contributed by atoms with E-state index in [1.807, 2.05) is 0 Å². The highest BCUT2D eigenvalue weighted by molar-refractivity contribution is 7.91. The molecule has 0 fully saturated rings. The van der Waals surface area contributed by atoms with Gasteiger partial charge >= 0.3 is 0 Å². The van der Waals surface area contributed by atoms with Crippen LogP contribution in [0.5, 0.6) is 0 Å². The molecule has 1 aromatic carbocycles. The van der Waals surface area contributed by atoms with Crippen molar-refractivity contribution in [1.29, 1.82) is 0 Å². The summed E-state index contributed by atoms with van der Waals surface area (Å²) in [7, 11) is -3.45. The smallest absolute Gasteiger partial charge is 0.235 e. The van der Waals surface area contributed by atoms with E-state index in [2.05, 4.69) is 5.32 Å². The molecule has 0 unspecified atom stereocenters. The van der Waals surface area contributed by atoms with Gasteiger partial charge < -0.3 is 5.32 Å². The highest BCUT2D eigenvalue weighted by Gasteiger charge is 2.17. The summed E-state index contributed by atoms with van der Waals surface area (Å²) in [6.07, 6.45) is 0. The molecule has 0 aliphatic heterocycles. The van der Waals surface area contributed by atoms with Crippen molar-refractivity contribution in [2.45, 2.75) is 25.6 Å². The monoisotopic (exact) mass is 289 g/mol. The molecule has 0 aromatic heterocycles. The molecular formula is C12H16ClNO3S. The number of carbonyl (C=O) groups is 1. The Morgan fingerprint density at radius 2 is 1.83 bits per heavy atom. The van der Waals surface area contributed by atoms with Crippen molar-refractivity contribution in [3.63, 3.8) is 0 Å². The lowest BCUT2D eigenvalue weighted by Gasteiger charge is -2.09. The molecular weight excluding hydrogens is 274 g/mol. The van der Waals surface area contributed by atoms with Gasteiger partial charge in [-0.05, 0) is 31.5 Å². The van der Waals surface area contributed by atoms with Gasteiger partial charge in [0.15, 0.2) is 9.84 Å². The summed E-state index contributed by atoms with van der Waals surface area (Å²) in [5, 5.41) is 3.10. The first kappa shape index (κ1) is 15.0. The zero-order valence-electron chi connectivity index (χ0n) is 10.3. The van der Waals surface area contributed by atoms with Crippen LogP contribution in [-0.2, 0) is 20.4 Å². The van der Waals surface area contributed by atoms with Gasteiger partial charge in [-0.25, -0.2) is 8.42 Å². The Morgan fingerprint density at radius 1 is 1.28 bits per heavy atom. The lowest BCUT2D eigenvalue weighted by atomic mass is 10.2. The first-order valence-electron chi connectivity index (χ1n) is 5.53.